The van der Waals surface area contributed by atoms with E-state index in [2.05, 4.69) is 11.8 Å². The first-order chi connectivity index (χ1) is 8.21. The molecule has 1 rings (SSSR count). The predicted octanol–water partition coefficient (Wildman–Crippen LogP) is 2.93. The second-order valence-corrected chi connectivity index (χ2v) is 6.78. The molecule has 1 atom stereocenters. The summed E-state index contributed by atoms with van der Waals surface area (Å²) in [4.78, 5) is 14.9. The number of carbonyl (C=O) groups is 1. The molecule has 1 amide bonds. The Bertz CT molecular complexity index is 289. The first kappa shape index (κ1) is 15.5. The average Bonchev–Trinajstić information content (AvgIpc) is 2.28. The molecule has 1 heterocycles. The van der Waals surface area contributed by atoms with E-state index in [0.29, 0.717) is 6.04 Å². The zero-order valence-electron chi connectivity index (χ0n) is 12.8. The molecule has 0 aromatic heterocycles. The van der Waals surface area contributed by atoms with E-state index in [-0.39, 0.29) is 5.91 Å². The van der Waals surface area contributed by atoms with Gasteiger partial charge in [0.1, 0.15) is 0 Å². The summed E-state index contributed by atoms with van der Waals surface area (Å²) in [5, 5.41) is 0. The maximum atomic E-state index is 12.8. The van der Waals surface area contributed by atoms with Crippen molar-refractivity contribution in [3.8, 4) is 0 Å². The average molecular weight is 254 g/mol. The van der Waals surface area contributed by atoms with Crippen LogP contribution in [0.25, 0.3) is 0 Å². The Morgan fingerprint density at radius 1 is 1.28 bits per heavy atom. The van der Waals surface area contributed by atoms with Crippen LogP contribution < -0.4 is 5.73 Å². The lowest BCUT2D eigenvalue weighted by Gasteiger charge is -2.45. The van der Waals surface area contributed by atoms with Gasteiger partial charge in [-0.05, 0) is 53.4 Å². The van der Waals surface area contributed by atoms with E-state index in [1.165, 1.54) is 6.42 Å². The Labute approximate surface area is 112 Å². The van der Waals surface area contributed by atoms with Gasteiger partial charge in [0.2, 0.25) is 5.91 Å². The zero-order valence-corrected chi connectivity index (χ0v) is 12.8. The second-order valence-electron chi connectivity index (χ2n) is 6.78. The van der Waals surface area contributed by atoms with Gasteiger partial charge < -0.3 is 10.6 Å². The van der Waals surface area contributed by atoms with Crippen LogP contribution >= 0.6 is 0 Å². The van der Waals surface area contributed by atoms with Crippen LogP contribution in [0.3, 0.4) is 0 Å². The van der Waals surface area contributed by atoms with Gasteiger partial charge in [-0.2, -0.15) is 0 Å². The van der Waals surface area contributed by atoms with Crippen LogP contribution in [0, 0.1) is 5.41 Å². The van der Waals surface area contributed by atoms with E-state index >= 15 is 0 Å². The SMILES string of the molecule is CCCC1CCCCN1C(=O)C(C)(C)C(C)(C)N. The summed E-state index contributed by atoms with van der Waals surface area (Å²) in [5.41, 5.74) is 5.20. The standard InChI is InChI=1S/C15H30N2O/c1-6-9-12-10-7-8-11-17(12)13(18)14(2,3)15(4,5)16/h12H,6-11,16H2,1-5H3. The highest BCUT2D eigenvalue weighted by molar-refractivity contribution is 5.83. The maximum absolute atomic E-state index is 12.8. The van der Waals surface area contributed by atoms with Crippen LogP contribution in [-0.2, 0) is 4.79 Å². The Kier molecular flexibility index (Phi) is 4.82. The molecule has 0 spiro atoms. The van der Waals surface area contributed by atoms with Crippen molar-refractivity contribution in [3.05, 3.63) is 0 Å². The number of amides is 1. The molecule has 1 fully saturated rings. The fraction of sp³-hybridized carbons (Fsp3) is 0.933. The number of hydrogen-bond donors (Lipinski definition) is 1. The van der Waals surface area contributed by atoms with Gasteiger partial charge >= 0.3 is 0 Å². The summed E-state index contributed by atoms with van der Waals surface area (Å²) < 4.78 is 0. The van der Waals surface area contributed by atoms with Crippen molar-refractivity contribution in [2.24, 2.45) is 11.1 Å². The lowest BCUT2D eigenvalue weighted by atomic mass is 9.73. The Morgan fingerprint density at radius 2 is 1.89 bits per heavy atom. The van der Waals surface area contributed by atoms with Gasteiger partial charge in [-0.3, -0.25) is 4.79 Å². The molecule has 2 N–H and O–H groups in total. The maximum Gasteiger partial charge on any atom is 0.230 e. The Hall–Kier alpha value is -0.570. The first-order valence-corrected chi connectivity index (χ1v) is 7.31. The van der Waals surface area contributed by atoms with Gasteiger partial charge in [0.25, 0.3) is 0 Å². The molecule has 1 saturated heterocycles. The molecule has 1 aliphatic rings. The largest absolute Gasteiger partial charge is 0.339 e. The van der Waals surface area contributed by atoms with E-state index < -0.39 is 11.0 Å². The van der Waals surface area contributed by atoms with Crippen molar-refractivity contribution < 1.29 is 4.79 Å². The molecule has 0 aliphatic carbocycles. The fourth-order valence-electron chi connectivity index (χ4n) is 2.54. The van der Waals surface area contributed by atoms with E-state index in [0.717, 1.165) is 32.2 Å². The van der Waals surface area contributed by atoms with Crippen molar-refractivity contribution in [1.82, 2.24) is 4.90 Å². The normalized spacial score (nSPS) is 22.1. The van der Waals surface area contributed by atoms with E-state index in [1.54, 1.807) is 0 Å². The van der Waals surface area contributed by atoms with Crippen LogP contribution in [-0.4, -0.2) is 28.9 Å². The topological polar surface area (TPSA) is 46.3 Å². The third-order valence-electron chi connectivity index (χ3n) is 4.66. The number of likely N-dealkylation sites (tertiary alicyclic amines) is 1. The number of nitrogens with zero attached hydrogens (tertiary/aromatic N) is 1. The molecular formula is C15H30N2O. The highest BCUT2D eigenvalue weighted by Crippen LogP contribution is 2.33. The van der Waals surface area contributed by atoms with Gasteiger partial charge in [0.15, 0.2) is 0 Å². The fourth-order valence-corrected chi connectivity index (χ4v) is 2.54. The third kappa shape index (κ3) is 3.05. The number of piperidine rings is 1. The molecular weight excluding hydrogens is 224 g/mol. The highest BCUT2D eigenvalue weighted by Gasteiger charge is 2.44. The molecule has 3 heteroatoms. The molecule has 0 radical (unpaired) electrons. The molecule has 3 nitrogen and oxygen atoms in total. The molecule has 106 valence electrons. The van der Waals surface area contributed by atoms with Gasteiger partial charge in [-0.15, -0.1) is 0 Å². The summed E-state index contributed by atoms with van der Waals surface area (Å²) in [6, 6.07) is 0.429. The number of nitrogens with two attached hydrogens (primary N) is 1. The minimum Gasteiger partial charge on any atom is -0.339 e. The lowest BCUT2D eigenvalue weighted by Crippen LogP contribution is -2.59. The van der Waals surface area contributed by atoms with Crippen molar-refractivity contribution >= 4 is 5.91 Å². The van der Waals surface area contributed by atoms with E-state index in [1.807, 2.05) is 27.7 Å². The van der Waals surface area contributed by atoms with Gasteiger partial charge in [-0.25, -0.2) is 0 Å². The van der Waals surface area contributed by atoms with Gasteiger partial charge in [0, 0.05) is 18.1 Å². The summed E-state index contributed by atoms with van der Waals surface area (Å²) in [6.45, 7) is 10.9. The van der Waals surface area contributed by atoms with E-state index in [4.69, 9.17) is 5.73 Å². The first-order valence-electron chi connectivity index (χ1n) is 7.31. The summed E-state index contributed by atoms with van der Waals surface area (Å²) >= 11 is 0. The monoisotopic (exact) mass is 254 g/mol. The van der Waals surface area contributed by atoms with E-state index in [9.17, 15) is 4.79 Å². The second kappa shape index (κ2) is 5.60. The Morgan fingerprint density at radius 3 is 2.39 bits per heavy atom. The van der Waals surface area contributed by atoms with Crippen molar-refractivity contribution in [1.29, 1.82) is 0 Å². The molecule has 0 saturated carbocycles. The zero-order chi connectivity index (χ0) is 14.0. The lowest BCUT2D eigenvalue weighted by molar-refractivity contribution is -0.147. The highest BCUT2D eigenvalue weighted by atomic mass is 16.2. The van der Waals surface area contributed by atoms with Gasteiger partial charge in [-0.1, -0.05) is 13.3 Å². The van der Waals surface area contributed by atoms with Crippen LogP contribution in [0.1, 0.15) is 66.7 Å². The Balaban J connectivity index is 2.86. The molecule has 0 aromatic rings. The van der Waals surface area contributed by atoms with Crippen LogP contribution in [0.4, 0.5) is 0 Å². The molecule has 1 aliphatic heterocycles. The quantitative estimate of drug-likeness (QED) is 0.838. The predicted molar refractivity (Wildman–Crippen MR) is 76.3 cm³/mol. The minimum atomic E-state index is -0.504. The number of carbonyl (C=O) groups excluding carboxylic acids is 1. The third-order valence-corrected chi connectivity index (χ3v) is 4.66. The van der Waals surface area contributed by atoms with Crippen molar-refractivity contribution in [2.75, 3.05) is 6.54 Å². The van der Waals surface area contributed by atoms with Crippen molar-refractivity contribution in [3.63, 3.8) is 0 Å². The molecule has 0 aromatic carbocycles. The summed E-state index contributed by atoms with van der Waals surface area (Å²) in [6.07, 6.45) is 5.79. The molecule has 18 heavy (non-hydrogen) atoms. The number of rotatable bonds is 4. The van der Waals surface area contributed by atoms with Crippen LogP contribution in [0.15, 0.2) is 0 Å². The smallest absolute Gasteiger partial charge is 0.230 e. The van der Waals surface area contributed by atoms with Gasteiger partial charge in [0.05, 0.1) is 5.41 Å². The van der Waals surface area contributed by atoms with Crippen LogP contribution in [0.2, 0.25) is 0 Å². The minimum absolute atomic E-state index is 0.230. The molecule has 1 unspecified atom stereocenters. The molecule has 0 bridgehead atoms. The number of hydrogen-bond acceptors (Lipinski definition) is 2. The summed E-state index contributed by atoms with van der Waals surface area (Å²) in [7, 11) is 0. The summed E-state index contributed by atoms with van der Waals surface area (Å²) in [5.74, 6) is 0.230. The van der Waals surface area contributed by atoms with Crippen LogP contribution in [0.5, 0.6) is 0 Å². The van der Waals surface area contributed by atoms with Crippen molar-refractivity contribution in [2.45, 2.75) is 78.3 Å².